The molecule has 2 N–H and O–H groups in total. The lowest BCUT2D eigenvalue weighted by molar-refractivity contribution is -0.204. The fourth-order valence-corrected chi connectivity index (χ4v) is 3.13. The van der Waals surface area contributed by atoms with E-state index in [-0.39, 0.29) is 25.4 Å². The van der Waals surface area contributed by atoms with Gasteiger partial charge in [-0.05, 0) is 12.0 Å². The number of likely N-dealkylation sites (tertiary alicyclic amines) is 1. The van der Waals surface area contributed by atoms with Gasteiger partial charge in [-0.1, -0.05) is 30.3 Å². The first kappa shape index (κ1) is 19.6. The maximum atomic E-state index is 13.7. The van der Waals surface area contributed by atoms with E-state index >= 15 is 0 Å². The Balaban J connectivity index is 1.81. The summed E-state index contributed by atoms with van der Waals surface area (Å²) < 4.78 is 41.2. The summed E-state index contributed by atoms with van der Waals surface area (Å²) in [4.78, 5) is 49.9. The number of halogens is 3. The van der Waals surface area contributed by atoms with Crippen LogP contribution in [0.1, 0.15) is 18.4 Å². The normalized spacial score (nSPS) is 22.6. The van der Waals surface area contributed by atoms with Crippen molar-refractivity contribution in [3.63, 3.8) is 0 Å². The SMILES string of the molecule is O=C(CN1CCCC1=O)N[C@]1(C(F)(F)F)NC(=O)N(Cc2ccccc2)C1=O. The third-order valence-corrected chi connectivity index (χ3v) is 4.55. The van der Waals surface area contributed by atoms with E-state index < -0.39 is 36.2 Å². The van der Waals surface area contributed by atoms with E-state index in [1.807, 2.05) is 0 Å². The third-order valence-electron chi connectivity index (χ3n) is 4.55. The number of hydrogen-bond acceptors (Lipinski definition) is 4. The smallest absolute Gasteiger partial charge is 0.333 e. The van der Waals surface area contributed by atoms with Crippen molar-refractivity contribution in [2.24, 2.45) is 0 Å². The highest BCUT2D eigenvalue weighted by Crippen LogP contribution is 2.34. The molecule has 0 aliphatic carbocycles. The van der Waals surface area contributed by atoms with Crippen molar-refractivity contribution in [2.45, 2.75) is 31.2 Å². The van der Waals surface area contributed by atoms with Crippen molar-refractivity contribution in [1.82, 2.24) is 20.4 Å². The first-order valence-electron chi connectivity index (χ1n) is 8.47. The minimum Gasteiger partial charge on any atom is -0.333 e. The van der Waals surface area contributed by atoms with Gasteiger partial charge in [-0.3, -0.25) is 24.6 Å². The number of nitrogens with zero attached hydrogens (tertiary/aromatic N) is 2. The predicted molar refractivity (Wildman–Crippen MR) is 88.3 cm³/mol. The number of carbonyl (C=O) groups excluding carboxylic acids is 4. The van der Waals surface area contributed by atoms with Crippen LogP contribution in [-0.4, -0.2) is 58.5 Å². The summed E-state index contributed by atoms with van der Waals surface area (Å²) >= 11 is 0. The van der Waals surface area contributed by atoms with Crippen LogP contribution in [0.3, 0.4) is 0 Å². The highest BCUT2D eigenvalue weighted by molar-refractivity contribution is 6.09. The number of hydrogen-bond donors (Lipinski definition) is 2. The Morgan fingerprint density at radius 3 is 2.43 bits per heavy atom. The fraction of sp³-hybridized carbons (Fsp3) is 0.412. The van der Waals surface area contributed by atoms with Crippen LogP contribution >= 0.6 is 0 Å². The maximum Gasteiger partial charge on any atom is 0.440 e. The van der Waals surface area contributed by atoms with Gasteiger partial charge in [-0.15, -0.1) is 0 Å². The molecule has 1 aromatic carbocycles. The minimum absolute atomic E-state index is 0.207. The molecule has 2 fully saturated rings. The molecular weight excluding hydrogens is 381 g/mol. The molecule has 150 valence electrons. The topological polar surface area (TPSA) is 98.8 Å². The van der Waals surface area contributed by atoms with Gasteiger partial charge in [0.25, 0.3) is 11.6 Å². The Bertz CT molecular complexity index is 814. The van der Waals surface area contributed by atoms with Crippen molar-refractivity contribution < 1.29 is 32.3 Å². The molecule has 0 aromatic heterocycles. The molecule has 0 unspecified atom stereocenters. The summed E-state index contributed by atoms with van der Waals surface area (Å²) in [7, 11) is 0. The number of amides is 5. The predicted octanol–water partition coefficient (Wildman–Crippen LogP) is 0.736. The van der Waals surface area contributed by atoms with E-state index in [1.54, 1.807) is 41.0 Å². The highest BCUT2D eigenvalue weighted by Gasteiger charge is 2.68. The monoisotopic (exact) mass is 398 g/mol. The Morgan fingerprint density at radius 2 is 1.86 bits per heavy atom. The van der Waals surface area contributed by atoms with Gasteiger partial charge in [0.1, 0.15) is 0 Å². The lowest BCUT2D eigenvalue weighted by Gasteiger charge is -2.30. The van der Waals surface area contributed by atoms with E-state index in [4.69, 9.17) is 0 Å². The summed E-state index contributed by atoms with van der Waals surface area (Å²) in [5.41, 5.74) is -3.13. The number of alkyl halides is 3. The molecule has 2 saturated heterocycles. The molecule has 11 heteroatoms. The number of rotatable bonds is 5. The van der Waals surface area contributed by atoms with E-state index in [9.17, 15) is 32.3 Å². The summed E-state index contributed by atoms with van der Waals surface area (Å²) in [6, 6.07) is 6.72. The lowest BCUT2D eigenvalue weighted by atomic mass is 10.1. The molecule has 8 nitrogen and oxygen atoms in total. The first-order valence-corrected chi connectivity index (χ1v) is 8.47. The van der Waals surface area contributed by atoms with Crippen molar-refractivity contribution in [3.8, 4) is 0 Å². The van der Waals surface area contributed by atoms with Gasteiger partial charge in [0.05, 0.1) is 13.1 Å². The van der Waals surface area contributed by atoms with Gasteiger partial charge >= 0.3 is 12.2 Å². The van der Waals surface area contributed by atoms with Gasteiger partial charge in [0.15, 0.2) is 0 Å². The number of urea groups is 1. The second-order valence-corrected chi connectivity index (χ2v) is 6.52. The van der Waals surface area contributed by atoms with E-state index in [0.29, 0.717) is 16.9 Å². The molecule has 3 rings (SSSR count). The van der Waals surface area contributed by atoms with Crippen LogP contribution in [0.4, 0.5) is 18.0 Å². The zero-order valence-corrected chi connectivity index (χ0v) is 14.6. The zero-order chi connectivity index (χ0) is 20.5. The molecule has 1 atom stereocenters. The van der Waals surface area contributed by atoms with Gasteiger partial charge in [-0.25, -0.2) is 4.79 Å². The Kier molecular flexibility index (Phi) is 5.01. The van der Waals surface area contributed by atoms with Crippen molar-refractivity contribution in [3.05, 3.63) is 35.9 Å². The number of nitrogens with one attached hydrogen (secondary N) is 2. The van der Waals surface area contributed by atoms with Crippen LogP contribution in [0.25, 0.3) is 0 Å². The average Bonchev–Trinajstić information content (AvgIpc) is 3.12. The van der Waals surface area contributed by atoms with Crippen LogP contribution in [-0.2, 0) is 20.9 Å². The first-order chi connectivity index (χ1) is 13.1. The molecule has 1 aromatic rings. The summed E-state index contributed by atoms with van der Waals surface area (Å²) in [5, 5.41) is 3.17. The number of benzene rings is 1. The standard InChI is InChI=1S/C17H17F3N4O4/c18-17(19,20)16(21-12(25)10-23-8-4-7-13(23)26)14(27)24(15(28)22-16)9-11-5-2-1-3-6-11/h1-3,5-6H,4,7-10H2,(H,21,25)(H,22,28)/t16-/m0/s1. The molecule has 0 saturated carbocycles. The van der Waals surface area contributed by atoms with E-state index in [2.05, 4.69) is 0 Å². The second kappa shape index (κ2) is 7.13. The summed E-state index contributed by atoms with van der Waals surface area (Å²) in [6.45, 7) is -0.770. The van der Waals surface area contributed by atoms with E-state index in [1.165, 1.54) is 0 Å². The zero-order valence-electron chi connectivity index (χ0n) is 14.6. The minimum atomic E-state index is -5.28. The molecule has 0 spiro atoms. The van der Waals surface area contributed by atoms with Crippen LogP contribution < -0.4 is 10.6 Å². The van der Waals surface area contributed by atoms with Crippen LogP contribution in [0, 0.1) is 0 Å². The largest absolute Gasteiger partial charge is 0.440 e. The molecule has 2 aliphatic rings. The highest BCUT2D eigenvalue weighted by atomic mass is 19.4. The van der Waals surface area contributed by atoms with Crippen LogP contribution in [0.15, 0.2) is 30.3 Å². The number of imide groups is 1. The molecule has 28 heavy (non-hydrogen) atoms. The van der Waals surface area contributed by atoms with Gasteiger partial charge in [-0.2, -0.15) is 13.2 Å². The maximum absolute atomic E-state index is 13.7. The fourth-order valence-electron chi connectivity index (χ4n) is 3.13. The van der Waals surface area contributed by atoms with Gasteiger partial charge in [0, 0.05) is 13.0 Å². The quantitative estimate of drug-likeness (QED) is 0.715. The molecular formula is C17H17F3N4O4. The summed E-state index contributed by atoms with van der Waals surface area (Å²) in [6.07, 6.45) is -4.58. The Morgan fingerprint density at radius 1 is 1.18 bits per heavy atom. The van der Waals surface area contributed by atoms with Crippen LogP contribution in [0.2, 0.25) is 0 Å². The second-order valence-electron chi connectivity index (χ2n) is 6.52. The van der Waals surface area contributed by atoms with Gasteiger partial charge < -0.3 is 10.2 Å². The molecule has 5 amide bonds. The molecule has 0 bridgehead atoms. The summed E-state index contributed by atoms with van der Waals surface area (Å²) in [5.74, 6) is -3.18. The van der Waals surface area contributed by atoms with Crippen molar-refractivity contribution in [1.29, 1.82) is 0 Å². The molecule has 2 heterocycles. The Labute approximate surface area is 157 Å². The van der Waals surface area contributed by atoms with E-state index in [0.717, 1.165) is 4.90 Å². The van der Waals surface area contributed by atoms with Crippen molar-refractivity contribution in [2.75, 3.05) is 13.1 Å². The van der Waals surface area contributed by atoms with Gasteiger partial charge in [0.2, 0.25) is 11.8 Å². The average molecular weight is 398 g/mol. The molecule has 0 radical (unpaired) electrons. The molecule has 2 aliphatic heterocycles. The van der Waals surface area contributed by atoms with Crippen LogP contribution in [0.5, 0.6) is 0 Å². The number of carbonyl (C=O) groups is 4. The third kappa shape index (κ3) is 3.51. The Hall–Kier alpha value is -3.11. The lowest BCUT2D eigenvalue weighted by Crippen LogP contribution is -2.70. The van der Waals surface area contributed by atoms with Crippen molar-refractivity contribution >= 4 is 23.8 Å².